The molecule has 0 unspecified atom stereocenters. The number of allylic oxidation sites excluding steroid dienone is 6. The lowest BCUT2D eigenvalue weighted by Crippen LogP contribution is -2.05. The van der Waals surface area contributed by atoms with E-state index in [0.29, 0.717) is 19.4 Å². The number of esters is 1. The minimum Gasteiger partial charge on any atom is -0.481 e. The van der Waals surface area contributed by atoms with E-state index in [2.05, 4.69) is 43.4 Å². The molecular weight excluding hydrogens is 436 g/mol. The molecule has 4 nitrogen and oxygen atoms in total. The van der Waals surface area contributed by atoms with E-state index in [1.54, 1.807) is 0 Å². The fourth-order valence-electron chi connectivity index (χ4n) is 3.94. The molecule has 0 aliphatic rings. The van der Waals surface area contributed by atoms with Gasteiger partial charge in [-0.05, 0) is 51.4 Å². The van der Waals surface area contributed by atoms with E-state index in [4.69, 9.17) is 9.84 Å². The molecule has 0 amide bonds. The molecule has 1 N–H and O–H groups in total. The first-order valence-electron chi connectivity index (χ1n) is 14.5. The molecule has 0 aliphatic carbocycles. The van der Waals surface area contributed by atoms with Crippen molar-refractivity contribution in [3.05, 3.63) is 36.5 Å². The van der Waals surface area contributed by atoms with Crippen LogP contribution in [0.25, 0.3) is 0 Å². The van der Waals surface area contributed by atoms with Crippen LogP contribution in [-0.4, -0.2) is 23.7 Å². The molecule has 0 rings (SSSR count). The molecule has 0 saturated carbocycles. The number of rotatable bonds is 26. The van der Waals surface area contributed by atoms with Gasteiger partial charge < -0.3 is 9.84 Å². The fraction of sp³-hybridized carbons (Fsp3) is 0.742. The van der Waals surface area contributed by atoms with Crippen LogP contribution in [0.4, 0.5) is 0 Å². The third kappa shape index (κ3) is 30.1. The van der Waals surface area contributed by atoms with Gasteiger partial charge in [-0.3, -0.25) is 9.59 Å². The van der Waals surface area contributed by atoms with E-state index in [1.165, 1.54) is 51.4 Å². The Morgan fingerprint density at radius 1 is 0.571 bits per heavy atom. The Morgan fingerprint density at radius 3 is 1.60 bits per heavy atom. The Bertz CT molecular complexity index is 562. The standard InChI is InChI=1S/C31H54O4/c1-2-3-4-5-6-7-8-9-10-11-12-16-19-22-25-28-31(34)35-29-26-23-20-17-14-13-15-18-21-24-27-30(32)33/h3-4,6-7,9-10H,2,5,8,11-29H2,1H3,(H,32,33)/b4-3-,7-6-,10-9-. The Hall–Kier alpha value is -1.84. The van der Waals surface area contributed by atoms with E-state index < -0.39 is 5.97 Å². The van der Waals surface area contributed by atoms with Gasteiger partial charge in [0, 0.05) is 12.8 Å². The number of hydrogen-bond acceptors (Lipinski definition) is 3. The Labute approximate surface area is 216 Å². The lowest BCUT2D eigenvalue weighted by molar-refractivity contribution is -0.144. The topological polar surface area (TPSA) is 63.6 Å². The number of hydrogen-bond donors (Lipinski definition) is 1. The third-order valence-corrected chi connectivity index (χ3v) is 6.08. The first-order valence-corrected chi connectivity index (χ1v) is 14.5. The second-order valence-corrected chi connectivity index (χ2v) is 9.50. The molecule has 0 bridgehead atoms. The molecule has 0 fully saturated rings. The number of carbonyl (C=O) groups excluding carboxylic acids is 1. The number of carboxylic acid groups (broad SMARTS) is 1. The minimum atomic E-state index is -0.684. The summed E-state index contributed by atoms with van der Waals surface area (Å²) < 4.78 is 5.36. The van der Waals surface area contributed by atoms with Crippen LogP contribution in [-0.2, 0) is 14.3 Å². The SMILES string of the molecule is CC/C=C\C/C=C\C/C=C\CCCCCCCC(=O)OCCCCCCCCCCCCC(=O)O. The van der Waals surface area contributed by atoms with Gasteiger partial charge in [0.1, 0.15) is 0 Å². The van der Waals surface area contributed by atoms with Crippen LogP contribution in [0, 0.1) is 0 Å². The lowest BCUT2D eigenvalue weighted by Gasteiger charge is -2.05. The summed E-state index contributed by atoms with van der Waals surface area (Å²) in [4.78, 5) is 22.3. The second kappa shape index (κ2) is 28.4. The average Bonchev–Trinajstić information content (AvgIpc) is 2.84. The van der Waals surface area contributed by atoms with Gasteiger partial charge in [-0.15, -0.1) is 0 Å². The maximum atomic E-state index is 11.8. The first kappa shape index (κ1) is 33.2. The maximum absolute atomic E-state index is 11.8. The molecule has 0 aliphatic heterocycles. The van der Waals surface area contributed by atoms with Gasteiger partial charge in [-0.25, -0.2) is 0 Å². The molecule has 0 aromatic carbocycles. The molecule has 0 aromatic rings. The zero-order chi connectivity index (χ0) is 25.7. The number of unbranched alkanes of at least 4 members (excludes halogenated alkanes) is 14. The van der Waals surface area contributed by atoms with Gasteiger partial charge in [-0.2, -0.15) is 0 Å². The summed E-state index contributed by atoms with van der Waals surface area (Å²) in [6, 6.07) is 0. The Kier molecular flexibility index (Phi) is 26.9. The van der Waals surface area contributed by atoms with Gasteiger partial charge in [0.05, 0.1) is 6.61 Å². The van der Waals surface area contributed by atoms with Crippen LogP contribution in [0.2, 0.25) is 0 Å². The molecule has 0 saturated heterocycles. The van der Waals surface area contributed by atoms with Crippen molar-refractivity contribution in [1.82, 2.24) is 0 Å². The van der Waals surface area contributed by atoms with Crippen LogP contribution in [0.3, 0.4) is 0 Å². The summed E-state index contributed by atoms with van der Waals surface area (Å²) in [5.41, 5.74) is 0. The van der Waals surface area contributed by atoms with Crippen molar-refractivity contribution in [2.45, 2.75) is 142 Å². The predicted octanol–water partition coefficient (Wildman–Crippen LogP) is 9.49. The molecule has 0 spiro atoms. The van der Waals surface area contributed by atoms with E-state index in [1.807, 2.05) is 0 Å². The van der Waals surface area contributed by atoms with Gasteiger partial charge in [0.2, 0.25) is 0 Å². The second-order valence-electron chi connectivity index (χ2n) is 9.50. The van der Waals surface area contributed by atoms with E-state index in [0.717, 1.165) is 70.6 Å². The summed E-state index contributed by atoms with van der Waals surface area (Å²) in [5, 5.41) is 8.60. The smallest absolute Gasteiger partial charge is 0.305 e. The molecule has 0 atom stereocenters. The summed E-state index contributed by atoms with van der Waals surface area (Å²) in [7, 11) is 0. The van der Waals surface area contributed by atoms with Crippen molar-refractivity contribution in [3.8, 4) is 0 Å². The highest BCUT2D eigenvalue weighted by Crippen LogP contribution is 2.12. The maximum Gasteiger partial charge on any atom is 0.305 e. The first-order chi connectivity index (χ1) is 17.2. The van der Waals surface area contributed by atoms with Crippen LogP contribution < -0.4 is 0 Å². The summed E-state index contributed by atoms with van der Waals surface area (Å²) in [6.45, 7) is 2.73. The summed E-state index contributed by atoms with van der Waals surface area (Å²) in [5.74, 6) is -0.718. The van der Waals surface area contributed by atoms with Gasteiger partial charge in [0.25, 0.3) is 0 Å². The molecule has 0 radical (unpaired) electrons. The number of carboxylic acids is 1. The van der Waals surface area contributed by atoms with E-state index >= 15 is 0 Å². The Morgan fingerprint density at radius 2 is 1.03 bits per heavy atom. The van der Waals surface area contributed by atoms with Gasteiger partial charge in [-0.1, -0.05) is 114 Å². The van der Waals surface area contributed by atoms with E-state index in [-0.39, 0.29) is 5.97 Å². The van der Waals surface area contributed by atoms with Crippen molar-refractivity contribution in [2.75, 3.05) is 6.61 Å². The largest absolute Gasteiger partial charge is 0.481 e. The van der Waals surface area contributed by atoms with Crippen LogP contribution >= 0.6 is 0 Å². The van der Waals surface area contributed by atoms with Crippen molar-refractivity contribution < 1.29 is 19.4 Å². The fourth-order valence-corrected chi connectivity index (χ4v) is 3.94. The van der Waals surface area contributed by atoms with Gasteiger partial charge in [0.15, 0.2) is 0 Å². The highest BCUT2D eigenvalue weighted by Gasteiger charge is 2.02. The lowest BCUT2D eigenvalue weighted by atomic mass is 10.1. The minimum absolute atomic E-state index is 0.0333. The van der Waals surface area contributed by atoms with Crippen molar-refractivity contribution in [1.29, 1.82) is 0 Å². The molecule has 202 valence electrons. The zero-order valence-corrected chi connectivity index (χ0v) is 22.7. The third-order valence-electron chi connectivity index (χ3n) is 6.08. The van der Waals surface area contributed by atoms with Crippen LogP contribution in [0.5, 0.6) is 0 Å². The number of aliphatic carboxylic acids is 1. The molecular formula is C31H54O4. The Balaban J connectivity index is 3.27. The molecule has 4 heteroatoms. The van der Waals surface area contributed by atoms with Crippen molar-refractivity contribution in [2.24, 2.45) is 0 Å². The predicted molar refractivity (Wildman–Crippen MR) is 149 cm³/mol. The van der Waals surface area contributed by atoms with Crippen molar-refractivity contribution in [3.63, 3.8) is 0 Å². The zero-order valence-electron chi connectivity index (χ0n) is 22.7. The normalized spacial score (nSPS) is 11.8. The monoisotopic (exact) mass is 490 g/mol. The average molecular weight is 491 g/mol. The highest BCUT2D eigenvalue weighted by molar-refractivity contribution is 5.69. The summed E-state index contributed by atoms with van der Waals surface area (Å²) in [6.07, 6.45) is 35.6. The number of ether oxygens (including phenoxy) is 1. The van der Waals surface area contributed by atoms with Crippen molar-refractivity contribution >= 4 is 11.9 Å². The van der Waals surface area contributed by atoms with Crippen LogP contribution in [0.15, 0.2) is 36.5 Å². The summed E-state index contributed by atoms with van der Waals surface area (Å²) >= 11 is 0. The van der Waals surface area contributed by atoms with Gasteiger partial charge >= 0.3 is 11.9 Å². The molecule has 0 aromatic heterocycles. The van der Waals surface area contributed by atoms with E-state index in [9.17, 15) is 9.59 Å². The number of carbonyl (C=O) groups is 2. The van der Waals surface area contributed by atoms with Crippen LogP contribution in [0.1, 0.15) is 142 Å². The quantitative estimate of drug-likeness (QED) is 0.0744. The molecule has 0 heterocycles. The highest BCUT2D eigenvalue weighted by atomic mass is 16.5. The molecule has 35 heavy (non-hydrogen) atoms.